The van der Waals surface area contributed by atoms with Gasteiger partial charge in [0.05, 0.1) is 32.5 Å². The second kappa shape index (κ2) is 16.0. The Kier molecular flexibility index (Phi) is 12.5. The Morgan fingerprint density at radius 2 is 0.800 bits per heavy atom. The molecule has 0 bridgehead atoms. The van der Waals surface area contributed by atoms with Crippen molar-refractivity contribution in [1.29, 1.82) is 0 Å². The molecule has 0 saturated carbocycles. The maximum absolute atomic E-state index is 11.9. The van der Waals surface area contributed by atoms with Gasteiger partial charge in [0.2, 0.25) is 0 Å². The molecule has 0 heterocycles. The number of fused-ring (bicyclic) bond motifs is 2. The van der Waals surface area contributed by atoms with Gasteiger partial charge >= 0.3 is 59.1 Å². The average Bonchev–Trinajstić information content (AvgIpc) is 3.07. The van der Waals surface area contributed by atoms with Crippen molar-refractivity contribution < 1.29 is 85.1 Å². The summed E-state index contributed by atoms with van der Waals surface area (Å²) in [5, 5.41) is 17.8. The van der Waals surface area contributed by atoms with Crippen LogP contribution in [0.4, 0.5) is 34.1 Å². The molecule has 0 aromatic heterocycles. The van der Waals surface area contributed by atoms with Crippen LogP contribution in [0.5, 0.6) is 0 Å². The minimum atomic E-state index is -4.77. The Balaban J connectivity index is 0.00000281. The standard InChI is InChI=1S/C34H26N6O6S2.2Na/c35-33-27-7-3-1-5-25(27)31(47(41,42)43)19-29(33)39-37-23-15-11-21(12-16-23)9-10-22-13-17-24(18-14-22)38-40-30-20-32(48(44,45)46)26-6-2-4-8-28(26)34(30)36;;/h1-20H,35-36H2,(H,41,42,43)(H,44,45,46);;/q;2*+1/p-2/b10-9+,39-37?,40-38?;;. The van der Waals surface area contributed by atoms with E-state index < -0.39 is 30.0 Å². The van der Waals surface area contributed by atoms with Crippen molar-refractivity contribution >= 4 is 88.1 Å². The van der Waals surface area contributed by atoms with Crippen molar-refractivity contribution in [2.24, 2.45) is 20.5 Å². The van der Waals surface area contributed by atoms with Crippen molar-refractivity contribution in [3.8, 4) is 0 Å². The van der Waals surface area contributed by atoms with Gasteiger partial charge in [-0.1, -0.05) is 84.9 Å². The van der Waals surface area contributed by atoms with E-state index in [2.05, 4.69) is 20.5 Å². The summed E-state index contributed by atoms with van der Waals surface area (Å²) in [6, 6.07) is 29.2. The summed E-state index contributed by atoms with van der Waals surface area (Å²) in [5.41, 5.74) is 15.6. The van der Waals surface area contributed by atoms with Crippen molar-refractivity contribution in [1.82, 2.24) is 0 Å². The molecule has 0 aliphatic carbocycles. The molecule has 50 heavy (non-hydrogen) atoms. The van der Waals surface area contributed by atoms with Crippen LogP contribution in [-0.4, -0.2) is 25.9 Å². The van der Waals surface area contributed by atoms with E-state index in [1.165, 1.54) is 12.1 Å². The third kappa shape index (κ3) is 8.73. The predicted octanol–water partition coefficient (Wildman–Crippen LogP) is 1.97. The SMILES string of the molecule is Nc1c(N=Nc2ccc(/C=C/c3ccc(N=Nc4cc(S(=O)(=O)[O-])c5ccccc5c4N)cc3)cc2)cc(S(=O)(=O)[O-])c2ccccc12.[Na+].[Na+]. The smallest absolute Gasteiger partial charge is 0.744 e. The summed E-state index contributed by atoms with van der Waals surface area (Å²) in [7, 11) is -9.55. The van der Waals surface area contributed by atoms with Gasteiger partial charge in [0.15, 0.2) is 0 Å². The number of azo groups is 2. The monoisotopic (exact) mass is 722 g/mol. The zero-order valence-electron chi connectivity index (χ0n) is 26.8. The van der Waals surface area contributed by atoms with E-state index in [4.69, 9.17) is 11.5 Å². The van der Waals surface area contributed by atoms with E-state index in [0.717, 1.165) is 23.3 Å². The maximum Gasteiger partial charge on any atom is 1.00 e. The van der Waals surface area contributed by atoms with Crippen LogP contribution in [0.1, 0.15) is 11.1 Å². The van der Waals surface area contributed by atoms with E-state index in [0.29, 0.717) is 22.1 Å². The van der Waals surface area contributed by atoms with E-state index in [1.807, 2.05) is 36.4 Å². The first-order chi connectivity index (χ1) is 22.9. The Hall–Kier alpha value is -3.80. The zero-order valence-corrected chi connectivity index (χ0v) is 32.4. The fourth-order valence-electron chi connectivity index (χ4n) is 5.00. The number of nitrogens with two attached hydrogens (primary N) is 2. The van der Waals surface area contributed by atoms with Crippen molar-refractivity contribution in [3.63, 3.8) is 0 Å². The van der Waals surface area contributed by atoms with Crippen LogP contribution >= 0.6 is 0 Å². The molecule has 0 radical (unpaired) electrons. The second-order valence-corrected chi connectivity index (χ2v) is 13.2. The summed E-state index contributed by atoms with van der Waals surface area (Å²) in [5.74, 6) is 0. The fourth-order valence-corrected chi connectivity index (χ4v) is 6.41. The summed E-state index contributed by atoms with van der Waals surface area (Å²) in [6.45, 7) is 0. The quantitative estimate of drug-likeness (QED) is 0.0777. The topological polar surface area (TPSA) is 216 Å². The molecule has 0 amide bonds. The van der Waals surface area contributed by atoms with Gasteiger partial charge in [0, 0.05) is 21.5 Å². The molecule has 0 aliphatic rings. The van der Waals surface area contributed by atoms with Gasteiger partial charge in [-0.05, 0) is 47.5 Å². The number of nitrogens with zero attached hydrogens (tertiary/aromatic N) is 4. The second-order valence-electron chi connectivity index (χ2n) is 10.5. The van der Waals surface area contributed by atoms with Gasteiger partial charge in [0.1, 0.15) is 31.6 Å². The van der Waals surface area contributed by atoms with Crippen LogP contribution in [0.25, 0.3) is 33.7 Å². The van der Waals surface area contributed by atoms with Crippen LogP contribution in [0.3, 0.4) is 0 Å². The number of nitrogen functional groups attached to an aromatic ring is 2. The van der Waals surface area contributed by atoms with Crippen LogP contribution in [0.2, 0.25) is 0 Å². The van der Waals surface area contributed by atoms with Gasteiger partial charge < -0.3 is 20.6 Å². The van der Waals surface area contributed by atoms with Crippen LogP contribution < -0.4 is 70.6 Å². The molecule has 0 saturated heterocycles. The summed E-state index contributed by atoms with van der Waals surface area (Å²) >= 11 is 0. The molecule has 16 heteroatoms. The molecule has 6 aromatic carbocycles. The molecular formula is C34H24N6Na2O6S2. The van der Waals surface area contributed by atoms with Gasteiger partial charge in [-0.25, -0.2) is 16.8 Å². The first-order valence-corrected chi connectivity index (χ1v) is 17.0. The number of benzene rings is 6. The normalized spacial score (nSPS) is 12.1. The molecule has 0 unspecified atom stereocenters. The van der Waals surface area contributed by atoms with Gasteiger partial charge in [-0.3, -0.25) is 0 Å². The summed E-state index contributed by atoms with van der Waals surface area (Å²) in [4.78, 5) is -0.834. The van der Waals surface area contributed by atoms with Crippen LogP contribution in [-0.2, 0) is 20.2 Å². The maximum atomic E-state index is 11.9. The van der Waals surface area contributed by atoms with Crippen molar-refractivity contribution in [2.45, 2.75) is 9.79 Å². The number of hydrogen-bond acceptors (Lipinski definition) is 12. The molecular weight excluding hydrogens is 699 g/mol. The predicted molar refractivity (Wildman–Crippen MR) is 183 cm³/mol. The molecule has 0 fully saturated rings. The average molecular weight is 723 g/mol. The number of anilines is 2. The van der Waals surface area contributed by atoms with E-state index >= 15 is 0 Å². The molecule has 6 aromatic rings. The minimum Gasteiger partial charge on any atom is -0.744 e. The summed E-state index contributed by atoms with van der Waals surface area (Å²) in [6.07, 6.45) is 3.76. The molecule has 0 spiro atoms. The molecule has 6 rings (SSSR count). The first kappa shape index (κ1) is 39.0. The molecule has 4 N–H and O–H groups in total. The Morgan fingerprint density at radius 3 is 1.12 bits per heavy atom. The molecule has 0 aliphatic heterocycles. The van der Waals surface area contributed by atoms with Gasteiger partial charge in [-0.15, -0.1) is 10.2 Å². The molecule has 12 nitrogen and oxygen atoms in total. The Labute approximate surface area is 332 Å². The molecule has 0 atom stereocenters. The van der Waals surface area contributed by atoms with Crippen LogP contribution in [0.15, 0.2) is 139 Å². The van der Waals surface area contributed by atoms with E-state index in [9.17, 15) is 25.9 Å². The van der Waals surface area contributed by atoms with Crippen LogP contribution in [0, 0.1) is 0 Å². The zero-order chi connectivity index (χ0) is 34.1. The molecule has 240 valence electrons. The fraction of sp³-hybridized carbons (Fsp3) is 0. The Bertz CT molecular complexity index is 2350. The van der Waals surface area contributed by atoms with Crippen molar-refractivity contribution in [3.05, 3.63) is 120 Å². The number of hydrogen-bond donors (Lipinski definition) is 2. The largest absolute Gasteiger partial charge is 1.00 e. The third-order valence-corrected chi connectivity index (χ3v) is 9.15. The van der Waals surface area contributed by atoms with Gasteiger partial charge in [0.25, 0.3) is 0 Å². The first-order valence-electron chi connectivity index (χ1n) is 14.1. The number of rotatable bonds is 8. The van der Waals surface area contributed by atoms with E-state index in [1.54, 1.807) is 60.7 Å². The van der Waals surface area contributed by atoms with Gasteiger partial charge in [-0.2, -0.15) is 10.2 Å². The Morgan fingerprint density at radius 1 is 0.480 bits per heavy atom. The minimum absolute atomic E-state index is 0. The summed E-state index contributed by atoms with van der Waals surface area (Å²) < 4.78 is 71.1. The van der Waals surface area contributed by atoms with Crippen molar-refractivity contribution in [2.75, 3.05) is 11.5 Å². The third-order valence-electron chi connectivity index (χ3n) is 7.39. The van der Waals surface area contributed by atoms with E-state index in [-0.39, 0.29) is 92.6 Å².